The molecule has 28 heavy (non-hydrogen) atoms. The number of hydrogen-bond acceptors (Lipinski definition) is 6. The Bertz CT molecular complexity index is 957. The SMILES string of the molecule is Cc1ccc(NC(=O)NCCCN2C(=O)c3ccc([N+](=O)[O-])cc3C2=O)cn1. The third-order valence-corrected chi connectivity index (χ3v) is 4.18. The lowest BCUT2D eigenvalue weighted by atomic mass is 10.1. The first-order chi connectivity index (χ1) is 13.4. The fraction of sp³-hybridized carbons (Fsp3) is 0.222. The summed E-state index contributed by atoms with van der Waals surface area (Å²) in [5, 5.41) is 16.1. The molecule has 0 radical (unpaired) electrons. The van der Waals surface area contributed by atoms with E-state index in [1.807, 2.05) is 6.92 Å². The molecule has 0 fully saturated rings. The minimum atomic E-state index is -0.618. The van der Waals surface area contributed by atoms with E-state index in [2.05, 4.69) is 15.6 Å². The molecule has 10 heteroatoms. The number of nitrogens with one attached hydrogen (secondary N) is 2. The largest absolute Gasteiger partial charge is 0.338 e. The number of non-ortho nitro benzene ring substituents is 1. The van der Waals surface area contributed by atoms with E-state index in [1.54, 1.807) is 12.1 Å². The minimum Gasteiger partial charge on any atom is -0.338 e. The molecule has 4 amide bonds. The van der Waals surface area contributed by atoms with Gasteiger partial charge in [0.2, 0.25) is 0 Å². The number of hydrogen-bond donors (Lipinski definition) is 2. The maximum absolute atomic E-state index is 12.4. The Kier molecular flexibility index (Phi) is 5.30. The molecule has 10 nitrogen and oxygen atoms in total. The molecule has 0 saturated carbocycles. The molecule has 2 aromatic rings. The summed E-state index contributed by atoms with van der Waals surface area (Å²) < 4.78 is 0. The number of aromatic nitrogens is 1. The minimum absolute atomic E-state index is 0.0248. The van der Waals surface area contributed by atoms with Crippen LogP contribution in [0.15, 0.2) is 36.5 Å². The van der Waals surface area contributed by atoms with E-state index in [9.17, 15) is 24.5 Å². The molecular weight excluding hydrogens is 366 g/mol. The van der Waals surface area contributed by atoms with Crippen molar-refractivity contribution in [1.29, 1.82) is 0 Å². The molecule has 0 saturated heterocycles. The highest BCUT2D eigenvalue weighted by atomic mass is 16.6. The summed E-state index contributed by atoms with van der Waals surface area (Å²) in [5.74, 6) is -1.07. The topological polar surface area (TPSA) is 135 Å². The van der Waals surface area contributed by atoms with Gasteiger partial charge in [-0.1, -0.05) is 0 Å². The predicted molar refractivity (Wildman–Crippen MR) is 99.1 cm³/mol. The average molecular weight is 383 g/mol. The highest BCUT2D eigenvalue weighted by Crippen LogP contribution is 2.26. The quantitative estimate of drug-likeness (QED) is 0.339. The van der Waals surface area contributed by atoms with Crippen LogP contribution in [0.4, 0.5) is 16.2 Å². The molecule has 2 N–H and O–H groups in total. The Hall–Kier alpha value is -3.82. The monoisotopic (exact) mass is 383 g/mol. The molecule has 0 spiro atoms. The second kappa shape index (κ2) is 7.82. The van der Waals surface area contributed by atoms with Crippen molar-refractivity contribution >= 4 is 29.2 Å². The van der Waals surface area contributed by atoms with Gasteiger partial charge in [0.1, 0.15) is 0 Å². The third kappa shape index (κ3) is 3.95. The van der Waals surface area contributed by atoms with Gasteiger partial charge in [-0.2, -0.15) is 0 Å². The maximum atomic E-state index is 12.4. The summed E-state index contributed by atoms with van der Waals surface area (Å²) >= 11 is 0. The Morgan fingerprint density at radius 3 is 2.61 bits per heavy atom. The summed E-state index contributed by atoms with van der Waals surface area (Å²) in [6.45, 7) is 2.16. The van der Waals surface area contributed by atoms with Crippen molar-refractivity contribution in [2.75, 3.05) is 18.4 Å². The number of urea groups is 1. The number of carbonyl (C=O) groups is 3. The zero-order chi connectivity index (χ0) is 20.3. The van der Waals surface area contributed by atoms with Gasteiger partial charge in [-0.3, -0.25) is 29.6 Å². The van der Waals surface area contributed by atoms with Crippen LogP contribution >= 0.6 is 0 Å². The van der Waals surface area contributed by atoms with Gasteiger partial charge in [0, 0.05) is 30.9 Å². The van der Waals surface area contributed by atoms with E-state index >= 15 is 0 Å². The number of nitrogens with zero attached hydrogens (tertiary/aromatic N) is 3. The molecule has 1 aromatic carbocycles. The van der Waals surface area contributed by atoms with Crippen molar-refractivity contribution in [1.82, 2.24) is 15.2 Å². The molecular formula is C18H17N5O5. The molecule has 0 bridgehead atoms. The lowest BCUT2D eigenvalue weighted by molar-refractivity contribution is -0.384. The van der Waals surface area contributed by atoms with Crippen molar-refractivity contribution in [3.05, 3.63) is 63.5 Å². The number of nitro groups is 1. The standard InChI is InChI=1S/C18H17N5O5/c1-11-3-4-12(10-20-11)21-18(26)19-7-2-8-22-16(24)14-6-5-13(23(27)28)9-15(14)17(22)25/h3-6,9-10H,2,7-8H2,1H3,(H2,19,21,26). The lowest BCUT2D eigenvalue weighted by Gasteiger charge is -2.14. The Morgan fingerprint density at radius 1 is 1.18 bits per heavy atom. The molecule has 1 aliphatic heterocycles. The number of imide groups is 1. The smallest absolute Gasteiger partial charge is 0.319 e. The van der Waals surface area contributed by atoms with Gasteiger partial charge in [0.15, 0.2) is 0 Å². The van der Waals surface area contributed by atoms with Crippen LogP contribution in [0, 0.1) is 17.0 Å². The fourth-order valence-corrected chi connectivity index (χ4v) is 2.75. The normalized spacial score (nSPS) is 12.7. The number of nitro benzene ring substituents is 1. The molecule has 144 valence electrons. The second-order valence-corrected chi connectivity index (χ2v) is 6.17. The van der Waals surface area contributed by atoms with Crippen LogP contribution in [0.1, 0.15) is 32.8 Å². The van der Waals surface area contributed by atoms with Gasteiger partial charge in [-0.05, 0) is 31.5 Å². The number of benzene rings is 1. The third-order valence-electron chi connectivity index (χ3n) is 4.18. The molecule has 2 heterocycles. The number of fused-ring (bicyclic) bond motifs is 1. The van der Waals surface area contributed by atoms with Crippen molar-refractivity contribution in [3.63, 3.8) is 0 Å². The molecule has 1 aliphatic rings. The Balaban J connectivity index is 1.50. The maximum Gasteiger partial charge on any atom is 0.319 e. The summed E-state index contributed by atoms with van der Waals surface area (Å²) in [6.07, 6.45) is 1.88. The van der Waals surface area contributed by atoms with E-state index in [-0.39, 0.29) is 29.9 Å². The molecule has 3 rings (SSSR count). The molecule has 0 unspecified atom stereocenters. The van der Waals surface area contributed by atoms with Crippen LogP contribution in [0.5, 0.6) is 0 Å². The fourth-order valence-electron chi connectivity index (χ4n) is 2.75. The first-order valence-electron chi connectivity index (χ1n) is 8.49. The molecule has 0 aliphatic carbocycles. The highest BCUT2D eigenvalue weighted by molar-refractivity contribution is 6.21. The number of anilines is 1. The number of carbonyl (C=O) groups excluding carboxylic acids is 3. The van der Waals surface area contributed by atoms with E-state index in [1.165, 1.54) is 18.3 Å². The first kappa shape index (κ1) is 19.0. The lowest BCUT2D eigenvalue weighted by Crippen LogP contribution is -2.35. The van der Waals surface area contributed by atoms with Gasteiger partial charge in [0.05, 0.1) is 27.9 Å². The van der Waals surface area contributed by atoms with Crippen LogP contribution in [0.2, 0.25) is 0 Å². The Labute approximate surface area is 159 Å². The van der Waals surface area contributed by atoms with Crippen LogP contribution in [0.25, 0.3) is 0 Å². The first-order valence-corrected chi connectivity index (χ1v) is 8.49. The van der Waals surface area contributed by atoms with Crippen molar-refractivity contribution in [2.24, 2.45) is 0 Å². The van der Waals surface area contributed by atoms with Gasteiger partial charge in [0.25, 0.3) is 17.5 Å². The van der Waals surface area contributed by atoms with Gasteiger partial charge >= 0.3 is 6.03 Å². The van der Waals surface area contributed by atoms with E-state index in [4.69, 9.17) is 0 Å². The van der Waals surface area contributed by atoms with Gasteiger partial charge in [-0.15, -0.1) is 0 Å². The molecule has 1 aromatic heterocycles. The predicted octanol–water partition coefficient (Wildman–Crippen LogP) is 2.11. The summed E-state index contributed by atoms with van der Waals surface area (Å²) in [7, 11) is 0. The van der Waals surface area contributed by atoms with Gasteiger partial charge < -0.3 is 10.6 Å². The van der Waals surface area contributed by atoms with Crippen LogP contribution < -0.4 is 10.6 Å². The van der Waals surface area contributed by atoms with Crippen molar-refractivity contribution < 1.29 is 19.3 Å². The summed E-state index contributed by atoms with van der Waals surface area (Å²) in [5.41, 5.74) is 1.30. The average Bonchev–Trinajstić information content (AvgIpc) is 2.91. The number of aryl methyl sites for hydroxylation is 1. The Morgan fingerprint density at radius 2 is 1.93 bits per heavy atom. The second-order valence-electron chi connectivity index (χ2n) is 6.17. The zero-order valence-electron chi connectivity index (χ0n) is 15.0. The van der Waals surface area contributed by atoms with Crippen molar-refractivity contribution in [2.45, 2.75) is 13.3 Å². The summed E-state index contributed by atoms with van der Waals surface area (Å²) in [6, 6.07) is 6.65. The summed E-state index contributed by atoms with van der Waals surface area (Å²) in [4.78, 5) is 51.8. The zero-order valence-corrected chi connectivity index (χ0v) is 15.0. The van der Waals surface area contributed by atoms with Crippen molar-refractivity contribution in [3.8, 4) is 0 Å². The number of amides is 4. The van der Waals surface area contributed by atoms with Crippen LogP contribution in [-0.4, -0.2) is 45.7 Å². The van der Waals surface area contributed by atoms with Gasteiger partial charge in [-0.25, -0.2) is 4.79 Å². The number of rotatable bonds is 6. The number of pyridine rings is 1. The van der Waals surface area contributed by atoms with E-state index < -0.39 is 22.8 Å². The van der Waals surface area contributed by atoms with Crippen LogP contribution in [0.3, 0.4) is 0 Å². The molecule has 0 atom stereocenters. The van der Waals surface area contributed by atoms with E-state index in [0.717, 1.165) is 16.7 Å². The highest BCUT2D eigenvalue weighted by Gasteiger charge is 2.36. The van der Waals surface area contributed by atoms with E-state index in [0.29, 0.717) is 12.1 Å². The van der Waals surface area contributed by atoms with Crippen LogP contribution in [-0.2, 0) is 0 Å².